The standard InChI is InChI=1S/C19H21N3O7S/c1-12-4-6-14(7-5-12)16(20-13(2)23)11-19(24)21-30(27,28)18-9-8-15(29-3)10-17(18)22(25)26/h4-10,16H,11H2,1-3H3,(H,20,23)(H,21,24). The first-order valence-corrected chi connectivity index (χ1v) is 10.2. The number of benzene rings is 2. The van der Waals surface area contributed by atoms with Gasteiger partial charge < -0.3 is 10.1 Å². The second kappa shape index (κ2) is 9.35. The molecule has 0 fully saturated rings. The van der Waals surface area contributed by atoms with Gasteiger partial charge in [0.15, 0.2) is 4.90 Å². The van der Waals surface area contributed by atoms with Gasteiger partial charge in [-0.2, -0.15) is 0 Å². The van der Waals surface area contributed by atoms with Crippen molar-refractivity contribution < 1.29 is 27.7 Å². The number of nitrogens with one attached hydrogen (secondary N) is 2. The topological polar surface area (TPSA) is 145 Å². The fraction of sp³-hybridized carbons (Fsp3) is 0.263. The Morgan fingerprint density at radius 2 is 1.80 bits per heavy atom. The zero-order valence-electron chi connectivity index (χ0n) is 16.5. The second-order valence-corrected chi connectivity index (χ2v) is 8.14. The highest BCUT2D eigenvalue weighted by atomic mass is 32.2. The first-order chi connectivity index (χ1) is 14.0. The highest BCUT2D eigenvalue weighted by Crippen LogP contribution is 2.28. The van der Waals surface area contributed by atoms with E-state index in [2.05, 4.69) is 5.32 Å². The van der Waals surface area contributed by atoms with Crippen molar-refractivity contribution in [2.24, 2.45) is 0 Å². The molecule has 2 aromatic carbocycles. The van der Waals surface area contributed by atoms with Crippen molar-refractivity contribution in [1.29, 1.82) is 0 Å². The minimum atomic E-state index is -4.53. The number of sulfonamides is 1. The van der Waals surface area contributed by atoms with Crippen molar-refractivity contribution in [1.82, 2.24) is 10.0 Å². The van der Waals surface area contributed by atoms with Crippen LogP contribution in [0.1, 0.15) is 30.5 Å². The van der Waals surface area contributed by atoms with Crippen molar-refractivity contribution in [3.05, 3.63) is 63.7 Å². The lowest BCUT2D eigenvalue weighted by atomic mass is 10.0. The smallest absolute Gasteiger partial charge is 0.293 e. The number of nitro benzene ring substituents is 1. The first-order valence-electron chi connectivity index (χ1n) is 8.75. The number of nitro groups is 1. The molecular formula is C19H21N3O7S. The molecule has 10 nitrogen and oxygen atoms in total. The number of rotatable bonds is 8. The molecule has 0 radical (unpaired) electrons. The summed E-state index contributed by atoms with van der Waals surface area (Å²) in [5.41, 5.74) is 0.851. The molecule has 30 heavy (non-hydrogen) atoms. The number of nitrogens with zero attached hydrogens (tertiary/aromatic N) is 1. The van der Waals surface area contributed by atoms with Gasteiger partial charge in [0.1, 0.15) is 5.75 Å². The van der Waals surface area contributed by atoms with Gasteiger partial charge in [-0.3, -0.25) is 19.7 Å². The Bertz CT molecular complexity index is 1070. The average Bonchev–Trinajstić information content (AvgIpc) is 2.66. The number of hydrogen-bond acceptors (Lipinski definition) is 7. The van der Waals surface area contributed by atoms with Gasteiger partial charge in [0.05, 0.1) is 30.6 Å². The van der Waals surface area contributed by atoms with E-state index in [4.69, 9.17) is 4.74 Å². The van der Waals surface area contributed by atoms with Gasteiger partial charge >= 0.3 is 0 Å². The Morgan fingerprint density at radius 3 is 2.33 bits per heavy atom. The summed E-state index contributed by atoms with van der Waals surface area (Å²) in [6, 6.07) is 9.41. The molecule has 2 aromatic rings. The molecule has 0 saturated heterocycles. The molecule has 0 saturated carbocycles. The van der Waals surface area contributed by atoms with Crippen molar-refractivity contribution in [3.63, 3.8) is 0 Å². The Balaban J connectivity index is 2.27. The summed E-state index contributed by atoms with van der Waals surface area (Å²) in [6.45, 7) is 3.15. The fourth-order valence-corrected chi connectivity index (χ4v) is 3.87. The van der Waals surface area contributed by atoms with Gasteiger partial charge in [-0.15, -0.1) is 0 Å². The van der Waals surface area contributed by atoms with E-state index in [0.29, 0.717) is 5.56 Å². The van der Waals surface area contributed by atoms with Gasteiger partial charge in [0.25, 0.3) is 15.7 Å². The van der Waals surface area contributed by atoms with Crippen LogP contribution in [0.2, 0.25) is 0 Å². The Morgan fingerprint density at radius 1 is 1.17 bits per heavy atom. The molecule has 0 aliphatic rings. The number of amides is 2. The SMILES string of the molecule is COc1ccc(S(=O)(=O)NC(=O)CC(NC(C)=O)c2ccc(C)cc2)c([N+](=O)[O-])c1. The third-order valence-electron chi connectivity index (χ3n) is 4.15. The molecule has 2 amide bonds. The lowest BCUT2D eigenvalue weighted by molar-refractivity contribution is -0.387. The fourth-order valence-electron chi connectivity index (χ4n) is 2.72. The van der Waals surface area contributed by atoms with Gasteiger partial charge in [-0.05, 0) is 24.6 Å². The van der Waals surface area contributed by atoms with E-state index < -0.39 is 43.4 Å². The van der Waals surface area contributed by atoms with Crippen LogP contribution in [0.25, 0.3) is 0 Å². The van der Waals surface area contributed by atoms with Gasteiger partial charge in [-0.25, -0.2) is 13.1 Å². The second-order valence-electron chi connectivity index (χ2n) is 6.49. The summed E-state index contributed by atoms with van der Waals surface area (Å²) in [5.74, 6) is -1.24. The molecule has 2 rings (SSSR count). The van der Waals surface area contributed by atoms with E-state index in [0.717, 1.165) is 17.7 Å². The van der Waals surface area contributed by atoms with Crippen LogP contribution in [0.3, 0.4) is 0 Å². The van der Waals surface area contributed by atoms with Crippen LogP contribution in [-0.2, 0) is 19.6 Å². The Labute approximate surface area is 173 Å². The molecule has 0 heterocycles. The number of ether oxygens (including phenoxy) is 1. The molecule has 0 aliphatic heterocycles. The average molecular weight is 435 g/mol. The number of methoxy groups -OCH3 is 1. The van der Waals surface area contributed by atoms with Crippen molar-refractivity contribution in [3.8, 4) is 5.75 Å². The monoisotopic (exact) mass is 435 g/mol. The highest BCUT2D eigenvalue weighted by Gasteiger charge is 2.29. The van der Waals surface area contributed by atoms with Crippen LogP contribution in [-0.4, -0.2) is 32.3 Å². The maximum atomic E-state index is 12.6. The van der Waals surface area contributed by atoms with E-state index in [-0.39, 0.29) is 12.2 Å². The van der Waals surface area contributed by atoms with E-state index in [1.54, 1.807) is 24.3 Å². The number of hydrogen-bond donors (Lipinski definition) is 2. The first kappa shape index (κ1) is 22.8. The van der Waals surface area contributed by atoms with E-state index in [1.807, 2.05) is 11.6 Å². The Kier molecular flexibility index (Phi) is 7.11. The van der Waals surface area contributed by atoms with Crippen LogP contribution in [0.5, 0.6) is 5.75 Å². The summed E-state index contributed by atoms with van der Waals surface area (Å²) in [6.07, 6.45) is -0.383. The summed E-state index contributed by atoms with van der Waals surface area (Å²) in [5, 5.41) is 13.9. The molecule has 1 unspecified atom stereocenters. The Hall–Kier alpha value is -3.47. The zero-order chi connectivity index (χ0) is 22.5. The zero-order valence-corrected chi connectivity index (χ0v) is 17.4. The summed E-state index contributed by atoms with van der Waals surface area (Å²) in [4.78, 5) is 33.7. The molecule has 1 atom stereocenters. The minimum Gasteiger partial charge on any atom is -0.497 e. The predicted molar refractivity (Wildman–Crippen MR) is 107 cm³/mol. The maximum absolute atomic E-state index is 12.6. The summed E-state index contributed by atoms with van der Waals surface area (Å²) in [7, 11) is -3.25. The van der Waals surface area contributed by atoms with Gasteiger partial charge in [0.2, 0.25) is 11.8 Å². The molecule has 11 heteroatoms. The molecular weight excluding hydrogens is 414 g/mol. The van der Waals surface area contributed by atoms with E-state index >= 15 is 0 Å². The van der Waals surface area contributed by atoms with Crippen molar-refractivity contribution in [2.75, 3.05) is 7.11 Å². The van der Waals surface area contributed by atoms with E-state index in [1.165, 1.54) is 20.1 Å². The summed E-state index contributed by atoms with van der Waals surface area (Å²) >= 11 is 0. The third-order valence-corrected chi connectivity index (χ3v) is 5.57. The van der Waals surface area contributed by atoms with Crippen LogP contribution < -0.4 is 14.8 Å². The van der Waals surface area contributed by atoms with Gasteiger partial charge in [-0.1, -0.05) is 29.8 Å². The van der Waals surface area contributed by atoms with Crippen molar-refractivity contribution >= 4 is 27.5 Å². The molecule has 2 N–H and O–H groups in total. The third kappa shape index (κ3) is 5.77. The lowest BCUT2D eigenvalue weighted by Crippen LogP contribution is -2.35. The largest absolute Gasteiger partial charge is 0.497 e. The molecule has 0 bridgehead atoms. The molecule has 0 spiro atoms. The minimum absolute atomic E-state index is 0.0945. The van der Waals surface area contributed by atoms with Gasteiger partial charge in [0, 0.05) is 6.92 Å². The quantitative estimate of drug-likeness (QED) is 0.476. The molecule has 0 aromatic heterocycles. The predicted octanol–water partition coefficient (Wildman–Crippen LogP) is 1.98. The number of carbonyl (C=O) groups is 2. The molecule has 0 aliphatic carbocycles. The lowest BCUT2D eigenvalue weighted by Gasteiger charge is -2.18. The van der Waals surface area contributed by atoms with Crippen LogP contribution >= 0.6 is 0 Å². The number of aryl methyl sites for hydroxylation is 1. The highest BCUT2D eigenvalue weighted by molar-refractivity contribution is 7.90. The molecule has 160 valence electrons. The van der Waals surface area contributed by atoms with Crippen LogP contribution in [0, 0.1) is 17.0 Å². The summed E-state index contributed by atoms with van der Waals surface area (Å²) < 4.78 is 31.9. The normalized spacial score (nSPS) is 12.0. The number of carbonyl (C=O) groups excluding carboxylic acids is 2. The van der Waals surface area contributed by atoms with Crippen LogP contribution in [0.4, 0.5) is 5.69 Å². The maximum Gasteiger partial charge on any atom is 0.293 e. The van der Waals surface area contributed by atoms with E-state index in [9.17, 15) is 28.1 Å². The van der Waals surface area contributed by atoms with Crippen LogP contribution in [0.15, 0.2) is 47.4 Å². The van der Waals surface area contributed by atoms with Crippen molar-refractivity contribution in [2.45, 2.75) is 31.2 Å².